The molecule has 4 N–H and O–H groups in total. The Morgan fingerprint density at radius 3 is 2.21 bits per heavy atom. The van der Waals surface area contributed by atoms with Crippen molar-refractivity contribution in [1.29, 1.82) is 0 Å². The number of carbonyl (C=O) groups is 2. The lowest BCUT2D eigenvalue weighted by Crippen LogP contribution is -2.49. The largest absolute Gasteiger partial charge is 0.457 e. The van der Waals surface area contributed by atoms with Gasteiger partial charge in [0.1, 0.15) is 34.8 Å². The molecule has 226 valence electrons. The van der Waals surface area contributed by atoms with Crippen LogP contribution in [0.25, 0.3) is 22.3 Å². The number of ether oxygens (including phenoxy) is 2. The summed E-state index contributed by atoms with van der Waals surface area (Å²) >= 11 is 0. The first-order valence-electron chi connectivity index (χ1n) is 13.4. The molecule has 0 aliphatic heterocycles. The van der Waals surface area contributed by atoms with Gasteiger partial charge >= 0.3 is 6.09 Å². The summed E-state index contributed by atoms with van der Waals surface area (Å²) in [6.07, 6.45) is -1.89. The van der Waals surface area contributed by atoms with E-state index < -0.39 is 34.4 Å². The maximum absolute atomic E-state index is 13.2. The Morgan fingerprint density at radius 2 is 1.70 bits per heavy atom. The van der Waals surface area contributed by atoms with Gasteiger partial charge in [-0.05, 0) is 85.8 Å². The molecule has 0 bridgehead atoms. The first-order chi connectivity index (χ1) is 20.4. The average Bonchev–Trinajstić information content (AvgIpc) is 3.73. The van der Waals surface area contributed by atoms with Gasteiger partial charge in [-0.1, -0.05) is 0 Å². The van der Waals surface area contributed by atoms with Crippen molar-refractivity contribution in [3.63, 3.8) is 0 Å². The van der Waals surface area contributed by atoms with Crippen LogP contribution in [0.2, 0.25) is 0 Å². The zero-order valence-corrected chi connectivity index (χ0v) is 24.4. The molecule has 2 amide bonds. The summed E-state index contributed by atoms with van der Waals surface area (Å²) in [5, 5.41) is 13.5. The molecule has 13 heteroatoms. The number of aliphatic hydroxyl groups excluding tert-OH is 1. The number of nitrogens with two attached hydrogens (primary N) is 1. The van der Waals surface area contributed by atoms with E-state index in [1.807, 2.05) is 0 Å². The van der Waals surface area contributed by atoms with Crippen molar-refractivity contribution in [3.8, 4) is 22.8 Å². The van der Waals surface area contributed by atoms with Crippen LogP contribution in [0.4, 0.5) is 14.9 Å². The van der Waals surface area contributed by atoms with Gasteiger partial charge in [-0.15, -0.1) is 0 Å². The summed E-state index contributed by atoms with van der Waals surface area (Å²) < 4.78 is 57.2. The second-order valence-electron chi connectivity index (χ2n) is 10.3. The number of benzene rings is 3. The van der Waals surface area contributed by atoms with Crippen LogP contribution in [0.5, 0.6) is 11.5 Å². The summed E-state index contributed by atoms with van der Waals surface area (Å²) in [6.45, 7) is 1.28. The minimum atomic E-state index is -4.13. The van der Waals surface area contributed by atoms with Crippen LogP contribution in [0.15, 0.2) is 65.1 Å². The molecule has 4 aromatic rings. The zero-order chi connectivity index (χ0) is 31.1. The van der Waals surface area contributed by atoms with Crippen molar-refractivity contribution >= 4 is 38.7 Å². The van der Waals surface area contributed by atoms with Crippen LogP contribution in [0.1, 0.15) is 41.6 Å². The van der Waals surface area contributed by atoms with Crippen LogP contribution in [0.3, 0.4) is 0 Å². The zero-order valence-electron chi connectivity index (χ0n) is 23.5. The summed E-state index contributed by atoms with van der Waals surface area (Å²) in [5.74, 6) is 0.292. The fourth-order valence-corrected chi connectivity index (χ4v) is 6.01. The van der Waals surface area contributed by atoms with E-state index in [-0.39, 0.29) is 34.3 Å². The molecule has 1 saturated carbocycles. The Balaban J connectivity index is 1.64. The molecular formula is C30H30FN3O8S. The summed E-state index contributed by atoms with van der Waals surface area (Å²) in [5.41, 5.74) is 6.89. The van der Waals surface area contributed by atoms with Crippen molar-refractivity contribution in [2.24, 2.45) is 5.73 Å². The minimum absolute atomic E-state index is 0.0364. The number of primary amides is 1. The van der Waals surface area contributed by atoms with E-state index in [4.69, 9.17) is 19.6 Å². The highest BCUT2D eigenvalue weighted by Crippen LogP contribution is 2.48. The highest BCUT2D eigenvalue weighted by Gasteiger charge is 2.39. The van der Waals surface area contributed by atoms with Gasteiger partial charge in [0.15, 0.2) is 0 Å². The summed E-state index contributed by atoms with van der Waals surface area (Å²) in [4.78, 5) is 24.8. The van der Waals surface area contributed by atoms with Crippen molar-refractivity contribution in [2.45, 2.75) is 38.0 Å². The Labute approximate surface area is 247 Å². The number of nitrogens with zero attached hydrogens (tertiary/aromatic N) is 1. The molecule has 1 aliphatic rings. The number of fused-ring (bicyclic) bond motifs is 1. The maximum Gasteiger partial charge on any atom is 0.406 e. The number of hydrogen-bond donors (Lipinski definition) is 3. The fourth-order valence-electron chi connectivity index (χ4n) is 4.89. The third-order valence-electron chi connectivity index (χ3n) is 6.95. The molecule has 11 nitrogen and oxygen atoms in total. The minimum Gasteiger partial charge on any atom is -0.457 e. The number of carbonyl (C=O) groups excluding carboxylic acids is 2. The SMILES string of the molecule is CNC(=O)c1c(-c2ccc(Oc3ccc(F)cc3)cc2)oc2cc(N(C(OC(N)=O)C(C)O)S(C)(=O)=O)c(C3CC3)cc12. The molecule has 0 saturated heterocycles. The molecule has 2 unspecified atom stereocenters. The molecule has 0 spiro atoms. The van der Waals surface area contributed by atoms with Crippen LogP contribution in [0, 0.1) is 5.82 Å². The normalized spacial score (nSPS) is 14.6. The number of anilines is 1. The van der Waals surface area contributed by atoms with Gasteiger partial charge in [0.2, 0.25) is 16.3 Å². The molecule has 3 aromatic carbocycles. The van der Waals surface area contributed by atoms with E-state index in [1.165, 1.54) is 44.3 Å². The topological polar surface area (TPSA) is 161 Å². The quantitative estimate of drug-likeness (QED) is 0.215. The third kappa shape index (κ3) is 6.27. The molecule has 0 radical (unpaired) electrons. The summed E-state index contributed by atoms with van der Waals surface area (Å²) in [7, 11) is -2.64. The van der Waals surface area contributed by atoms with Gasteiger partial charge in [-0.25, -0.2) is 21.9 Å². The molecule has 1 heterocycles. The Morgan fingerprint density at radius 1 is 1.09 bits per heavy atom. The highest BCUT2D eigenvalue weighted by molar-refractivity contribution is 7.92. The van der Waals surface area contributed by atoms with Crippen LogP contribution in [-0.2, 0) is 14.8 Å². The molecule has 5 rings (SSSR count). The first kappa shape index (κ1) is 29.9. The van der Waals surface area contributed by atoms with Gasteiger partial charge < -0.3 is 30.0 Å². The predicted octanol–water partition coefficient (Wildman–Crippen LogP) is 4.84. The van der Waals surface area contributed by atoms with Crippen LogP contribution >= 0.6 is 0 Å². The molecule has 1 fully saturated rings. The number of aliphatic hydroxyl groups is 1. The standard InChI is InChI=1S/C30H30FN3O8S/c1-16(35)29(42-30(32)37)34(43(3,38)39)24-15-25-23(14-22(24)17-4-5-17)26(28(36)33-2)27(41-25)18-6-10-20(11-7-18)40-21-12-8-19(31)9-13-21/h6-17,29,35H,4-5H2,1-3H3,(H2,32,37)(H,33,36). The molecule has 1 aromatic heterocycles. The van der Waals surface area contributed by atoms with Crippen LogP contribution in [-0.4, -0.2) is 51.2 Å². The van der Waals surface area contributed by atoms with Crippen molar-refractivity contribution < 1.29 is 41.4 Å². The summed E-state index contributed by atoms with van der Waals surface area (Å²) in [6, 6.07) is 15.4. The van der Waals surface area contributed by atoms with Gasteiger partial charge in [0, 0.05) is 24.1 Å². The number of furan rings is 1. The van der Waals surface area contributed by atoms with Gasteiger partial charge in [-0.3, -0.25) is 4.79 Å². The number of rotatable bonds is 10. The van der Waals surface area contributed by atoms with E-state index in [2.05, 4.69) is 5.32 Å². The highest BCUT2D eigenvalue weighted by atomic mass is 32.2. The lowest BCUT2D eigenvalue weighted by atomic mass is 10.00. The molecular weight excluding hydrogens is 581 g/mol. The van der Waals surface area contributed by atoms with E-state index in [0.29, 0.717) is 28.0 Å². The van der Waals surface area contributed by atoms with Crippen LogP contribution < -0.4 is 20.1 Å². The third-order valence-corrected chi connectivity index (χ3v) is 8.07. The molecule has 43 heavy (non-hydrogen) atoms. The Bertz CT molecular complexity index is 1780. The van der Waals surface area contributed by atoms with Crippen molar-refractivity contribution in [2.75, 3.05) is 17.6 Å². The van der Waals surface area contributed by atoms with Gasteiger partial charge in [0.25, 0.3) is 5.91 Å². The fraction of sp³-hybridized carbons (Fsp3) is 0.267. The van der Waals surface area contributed by atoms with E-state index in [9.17, 15) is 27.5 Å². The van der Waals surface area contributed by atoms with E-state index >= 15 is 0 Å². The number of halogens is 1. The number of hydrogen-bond acceptors (Lipinski definition) is 8. The number of sulfonamides is 1. The second-order valence-corrected chi connectivity index (χ2v) is 12.1. The van der Waals surface area contributed by atoms with E-state index in [0.717, 1.165) is 23.4 Å². The molecule has 2 atom stereocenters. The first-order valence-corrected chi connectivity index (χ1v) is 15.2. The number of amides is 2. The van der Waals surface area contributed by atoms with Gasteiger partial charge in [-0.2, -0.15) is 0 Å². The van der Waals surface area contributed by atoms with Crippen molar-refractivity contribution in [1.82, 2.24) is 5.32 Å². The maximum atomic E-state index is 13.2. The lowest BCUT2D eigenvalue weighted by Gasteiger charge is -2.33. The Kier molecular flexibility index (Phi) is 8.04. The average molecular weight is 612 g/mol. The monoisotopic (exact) mass is 611 g/mol. The van der Waals surface area contributed by atoms with Gasteiger partial charge in [0.05, 0.1) is 17.5 Å². The van der Waals surface area contributed by atoms with Crippen molar-refractivity contribution in [3.05, 3.63) is 77.6 Å². The second kappa shape index (κ2) is 11.6. The Hall–Kier alpha value is -4.62. The van der Waals surface area contributed by atoms with E-state index in [1.54, 1.807) is 30.3 Å². The smallest absolute Gasteiger partial charge is 0.406 e. The number of nitrogens with one attached hydrogen (secondary N) is 1. The molecule has 1 aliphatic carbocycles. The predicted molar refractivity (Wildman–Crippen MR) is 157 cm³/mol. The lowest BCUT2D eigenvalue weighted by molar-refractivity contribution is 0.0229.